The molecule has 0 saturated carbocycles. The summed E-state index contributed by atoms with van der Waals surface area (Å²) < 4.78 is 12.7. The van der Waals surface area contributed by atoms with Crippen molar-refractivity contribution in [3.8, 4) is 11.5 Å². The Kier molecular flexibility index (Phi) is 6.49. The molecule has 0 aliphatic carbocycles. The highest BCUT2D eigenvalue weighted by molar-refractivity contribution is 7.13. The first-order valence-electron chi connectivity index (χ1n) is 8.80. The maximum atomic E-state index is 12.9. The number of imidazole rings is 1. The summed E-state index contributed by atoms with van der Waals surface area (Å²) in [6.45, 7) is 3.33. The van der Waals surface area contributed by atoms with Gasteiger partial charge >= 0.3 is 6.03 Å². The third-order valence-electron chi connectivity index (χ3n) is 4.21. The van der Waals surface area contributed by atoms with Gasteiger partial charge in [0, 0.05) is 42.6 Å². The summed E-state index contributed by atoms with van der Waals surface area (Å²) in [7, 11) is 3.14. The summed E-state index contributed by atoms with van der Waals surface area (Å²) in [6.07, 6.45) is 6.08. The number of anilines is 2. The number of benzene rings is 1. The molecule has 3 rings (SSSR count). The van der Waals surface area contributed by atoms with Crippen LogP contribution in [-0.4, -0.2) is 41.3 Å². The van der Waals surface area contributed by atoms with E-state index in [0.717, 1.165) is 18.7 Å². The number of hydrogen-bond donors (Lipinski definition) is 1. The van der Waals surface area contributed by atoms with Gasteiger partial charge < -0.3 is 19.4 Å². The number of rotatable bonds is 8. The number of carbonyl (C=O) groups is 1. The van der Waals surface area contributed by atoms with E-state index >= 15 is 0 Å². The highest BCUT2D eigenvalue weighted by atomic mass is 32.1. The van der Waals surface area contributed by atoms with Crippen LogP contribution in [0.25, 0.3) is 0 Å². The normalized spacial score (nSPS) is 10.5. The third kappa shape index (κ3) is 4.42. The molecule has 3 aromatic rings. The summed E-state index contributed by atoms with van der Waals surface area (Å²) >= 11 is 1.39. The molecule has 0 bridgehead atoms. The van der Waals surface area contributed by atoms with Crippen LogP contribution in [0.4, 0.5) is 15.6 Å². The van der Waals surface area contributed by atoms with E-state index in [2.05, 4.69) is 19.9 Å². The van der Waals surface area contributed by atoms with Gasteiger partial charge in [0.1, 0.15) is 0 Å². The van der Waals surface area contributed by atoms with Crippen LogP contribution in [0, 0.1) is 6.92 Å². The monoisotopic (exact) mass is 401 g/mol. The second-order valence-corrected chi connectivity index (χ2v) is 6.88. The van der Waals surface area contributed by atoms with Gasteiger partial charge in [0.2, 0.25) is 0 Å². The van der Waals surface area contributed by atoms with Crippen LogP contribution in [0.3, 0.4) is 0 Å². The zero-order valence-corrected chi connectivity index (χ0v) is 16.9. The topological polar surface area (TPSA) is 81.5 Å². The smallest absolute Gasteiger partial charge is 0.328 e. The Morgan fingerprint density at radius 2 is 2.11 bits per heavy atom. The number of nitrogens with zero attached hydrogens (tertiary/aromatic N) is 4. The first kappa shape index (κ1) is 19.7. The van der Waals surface area contributed by atoms with E-state index in [1.807, 2.05) is 18.5 Å². The molecule has 0 unspecified atom stereocenters. The number of urea groups is 1. The van der Waals surface area contributed by atoms with Crippen molar-refractivity contribution in [2.45, 2.75) is 19.9 Å². The van der Waals surface area contributed by atoms with Crippen molar-refractivity contribution < 1.29 is 14.3 Å². The van der Waals surface area contributed by atoms with Crippen LogP contribution in [0.5, 0.6) is 11.5 Å². The molecule has 1 N–H and O–H groups in total. The van der Waals surface area contributed by atoms with E-state index in [0.29, 0.717) is 28.9 Å². The lowest BCUT2D eigenvalue weighted by Crippen LogP contribution is -2.37. The molecule has 0 aliphatic rings. The van der Waals surface area contributed by atoms with Gasteiger partial charge in [0.25, 0.3) is 0 Å². The molecule has 0 atom stereocenters. The van der Waals surface area contributed by atoms with Gasteiger partial charge in [-0.1, -0.05) is 0 Å². The van der Waals surface area contributed by atoms with Gasteiger partial charge in [0.15, 0.2) is 16.6 Å². The molecule has 0 saturated heterocycles. The molecule has 9 heteroatoms. The van der Waals surface area contributed by atoms with Gasteiger partial charge in [-0.25, -0.2) is 19.7 Å². The van der Waals surface area contributed by atoms with Crippen LogP contribution < -0.4 is 19.7 Å². The highest BCUT2D eigenvalue weighted by Crippen LogP contribution is 2.35. The van der Waals surface area contributed by atoms with E-state index in [1.165, 1.54) is 16.2 Å². The zero-order chi connectivity index (χ0) is 19.9. The number of methoxy groups -OCH3 is 2. The first-order valence-corrected chi connectivity index (χ1v) is 9.68. The molecule has 0 aliphatic heterocycles. The number of aryl methyl sites for hydroxylation is 2. The van der Waals surface area contributed by atoms with Crippen molar-refractivity contribution >= 4 is 28.2 Å². The van der Waals surface area contributed by atoms with Gasteiger partial charge in [-0.3, -0.25) is 0 Å². The fourth-order valence-electron chi connectivity index (χ4n) is 2.75. The predicted molar refractivity (Wildman–Crippen MR) is 109 cm³/mol. The Bertz CT molecular complexity index is 910. The number of amides is 2. The minimum Gasteiger partial charge on any atom is -0.493 e. The lowest BCUT2D eigenvalue weighted by Gasteiger charge is -2.21. The summed E-state index contributed by atoms with van der Waals surface area (Å²) in [5.74, 6) is 1.14. The number of aromatic nitrogens is 3. The van der Waals surface area contributed by atoms with E-state index in [9.17, 15) is 4.79 Å². The van der Waals surface area contributed by atoms with Crippen LogP contribution in [0.2, 0.25) is 0 Å². The zero-order valence-electron chi connectivity index (χ0n) is 16.1. The van der Waals surface area contributed by atoms with Gasteiger partial charge in [0.05, 0.1) is 26.2 Å². The first-order chi connectivity index (χ1) is 13.6. The minimum absolute atomic E-state index is 0.246. The van der Waals surface area contributed by atoms with Crippen molar-refractivity contribution in [3.63, 3.8) is 0 Å². The third-order valence-corrected chi connectivity index (χ3v) is 4.97. The van der Waals surface area contributed by atoms with Crippen molar-refractivity contribution in [1.82, 2.24) is 19.9 Å². The van der Waals surface area contributed by atoms with Crippen LogP contribution in [0.15, 0.2) is 42.3 Å². The van der Waals surface area contributed by atoms with Crippen molar-refractivity contribution in [3.05, 3.63) is 48.0 Å². The second kappa shape index (κ2) is 9.23. The van der Waals surface area contributed by atoms with Gasteiger partial charge in [-0.2, -0.15) is 0 Å². The molecule has 0 spiro atoms. The highest BCUT2D eigenvalue weighted by Gasteiger charge is 2.21. The largest absolute Gasteiger partial charge is 0.493 e. The molecule has 2 amide bonds. The van der Waals surface area contributed by atoms with E-state index in [1.54, 1.807) is 44.9 Å². The molecule has 28 heavy (non-hydrogen) atoms. The number of thiazole rings is 1. The van der Waals surface area contributed by atoms with Crippen LogP contribution in [-0.2, 0) is 6.54 Å². The number of hydrogen-bond acceptors (Lipinski definition) is 6. The average Bonchev–Trinajstić information content (AvgIpc) is 3.37. The van der Waals surface area contributed by atoms with Gasteiger partial charge in [-0.05, 0) is 25.5 Å². The maximum Gasteiger partial charge on any atom is 0.328 e. The molecule has 1 aromatic carbocycles. The SMILES string of the molecule is COc1ccc(N(C(=O)NCCCn2cncc2C)c2nccs2)cc1OC. The number of carbonyl (C=O) groups excluding carboxylic acids is 1. The fourth-order valence-corrected chi connectivity index (χ4v) is 3.41. The molecule has 2 heterocycles. The Labute approximate surface area is 167 Å². The Morgan fingerprint density at radius 3 is 2.75 bits per heavy atom. The standard InChI is InChI=1S/C19H23N5O3S/c1-14-12-20-13-23(14)9-4-7-21-18(25)24(19-22-8-10-28-19)15-5-6-16(26-2)17(11-15)27-3/h5-6,8,10-13H,4,7,9H2,1-3H3,(H,21,25). The molecular weight excluding hydrogens is 378 g/mol. The molecule has 148 valence electrons. The van der Waals surface area contributed by atoms with Gasteiger partial charge in [-0.15, -0.1) is 11.3 Å². The van der Waals surface area contributed by atoms with Crippen LogP contribution >= 0.6 is 11.3 Å². The lowest BCUT2D eigenvalue weighted by atomic mass is 10.2. The minimum atomic E-state index is -0.246. The van der Waals surface area contributed by atoms with E-state index in [4.69, 9.17) is 9.47 Å². The molecule has 8 nitrogen and oxygen atoms in total. The Morgan fingerprint density at radius 1 is 1.29 bits per heavy atom. The number of ether oxygens (including phenoxy) is 2. The Hall–Kier alpha value is -3.07. The summed E-state index contributed by atoms with van der Waals surface area (Å²) in [5.41, 5.74) is 1.75. The molecule has 0 fully saturated rings. The molecular formula is C19H23N5O3S. The summed E-state index contributed by atoms with van der Waals surface area (Å²) in [4.78, 5) is 22.8. The van der Waals surface area contributed by atoms with Crippen molar-refractivity contribution in [2.24, 2.45) is 0 Å². The van der Waals surface area contributed by atoms with Crippen molar-refractivity contribution in [2.75, 3.05) is 25.7 Å². The summed E-state index contributed by atoms with van der Waals surface area (Å²) in [5, 5.41) is 5.38. The Balaban J connectivity index is 1.71. The summed E-state index contributed by atoms with van der Waals surface area (Å²) in [6, 6.07) is 5.08. The quantitative estimate of drug-likeness (QED) is 0.583. The van der Waals surface area contributed by atoms with Crippen molar-refractivity contribution in [1.29, 1.82) is 0 Å². The number of nitrogens with one attached hydrogen (secondary N) is 1. The maximum absolute atomic E-state index is 12.9. The fraction of sp³-hybridized carbons (Fsp3) is 0.316. The lowest BCUT2D eigenvalue weighted by molar-refractivity contribution is 0.248. The predicted octanol–water partition coefficient (Wildman–Crippen LogP) is 3.60. The second-order valence-electron chi connectivity index (χ2n) is 6.00. The molecule has 0 radical (unpaired) electrons. The molecule has 2 aromatic heterocycles. The van der Waals surface area contributed by atoms with E-state index in [-0.39, 0.29) is 6.03 Å². The average molecular weight is 401 g/mol. The van der Waals surface area contributed by atoms with Crippen LogP contribution in [0.1, 0.15) is 12.1 Å². The van der Waals surface area contributed by atoms with E-state index < -0.39 is 0 Å².